The van der Waals surface area contributed by atoms with E-state index in [1.54, 1.807) is 19.2 Å². The minimum atomic E-state index is -0.465. The molecular weight excluding hydrogens is 304 g/mol. The van der Waals surface area contributed by atoms with Gasteiger partial charge in [0.05, 0.1) is 7.11 Å². The fourth-order valence-corrected chi connectivity index (χ4v) is 2.03. The number of benzene rings is 1. The predicted octanol–water partition coefficient (Wildman–Crippen LogP) is 3.12. The molecule has 2 N–H and O–H groups in total. The first-order valence-electron chi connectivity index (χ1n) is 7.91. The van der Waals surface area contributed by atoms with Crippen LogP contribution in [0.2, 0.25) is 0 Å². The fraction of sp³-hybridized carbons (Fsp3) is 0.389. The van der Waals surface area contributed by atoms with Crippen molar-refractivity contribution in [3.05, 3.63) is 42.0 Å². The smallest absolute Gasteiger partial charge is 0.230 e. The van der Waals surface area contributed by atoms with Crippen LogP contribution in [0.3, 0.4) is 0 Å². The monoisotopic (exact) mass is 328 g/mol. The van der Waals surface area contributed by atoms with Crippen molar-refractivity contribution in [3.8, 4) is 5.75 Å². The van der Waals surface area contributed by atoms with Crippen LogP contribution >= 0.6 is 0 Å². The highest BCUT2D eigenvalue weighted by molar-refractivity contribution is 5.93. The van der Waals surface area contributed by atoms with Gasteiger partial charge in [-0.05, 0) is 30.2 Å². The SMILES string of the molecule is COc1ccccc1CCNc1ccc(NC(=O)C(C)(C)C)nn1. The van der Waals surface area contributed by atoms with Gasteiger partial charge in [-0.3, -0.25) is 4.79 Å². The second-order valence-corrected chi connectivity index (χ2v) is 6.50. The van der Waals surface area contributed by atoms with E-state index in [-0.39, 0.29) is 5.91 Å². The summed E-state index contributed by atoms with van der Waals surface area (Å²) in [4.78, 5) is 11.9. The average molecular weight is 328 g/mol. The molecule has 0 saturated carbocycles. The van der Waals surface area contributed by atoms with E-state index >= 15 is 0 Å². The molecule has 0 saturated heterocycles. The molecule has 1 aromatic heterocycles. The summed E-state index contributed by atoms with van der Waals surface area (Å²) in [7, 11) is 1.67. The number of aromatic nitrogens is 2. The van der Waals surface area contributed by atoms with Crippen molar-refractivity contribution in [3.63, 3.8) is 0 Å². The number of carbonyl (C=O) groups is 1. The highest BCUT2D eigenvalue weighted by Gasteiger charge is 2.21. The maximum atomic E-state index is 11.9. The highest BCUT2D eigenvalue weighted by Crippen LogP contribution is 2.18. The van der Waals surface area contributed by atoms with Crippen molar-refractivity contribution >= 4 is 17.5 Å². The van der Waals surface area contributed by atoms with E-state index < -0.39 is 5.41 Å². The molecule has 1 aromatic carbocycles. The van der Waals surface area contributed by atoms with Gasteiger partial charge in [0.15, 0.2) is 5.82 Å². The molecule has 6 heteroatoms. The topological polar surface area (TPSA) is 76.1 Å². The number of methoxy groups -OCH3 is 1. The van der Waals surface area contributed by atoms with Gasteiger partial charge in [-0.15, -0.1) is 10.2 Å². The van der Waals surface area contributed by atoms with Gasteiger partial charge >= 0.3 is 0 Å². The molecule has 0 spiro atoms. The third-order valence-electron chi connectivity index (χ3n) is 3.48. The zero-order valence-electron chi connectivity index (χ0n) is 14.6. The van der Waals surface area contributed by atoms with Crippen LogP contribution in [0.25, 0.3) is 0 Å². The fourth-order valence-electron chi connectivity index (χ4n) is 2.03. The Morgan fingerprint density at radius 2 is 1.75 bits per heavy atom. The maximum Gasteiger partial charge on any atom is 0.230 e. The van der Waals surface area contributed by atoms with Crippen molar-refractivity contribution in [2.24, 2.45) is 5.41 Å². The van der Waals surface area contributed by atoms with Crippen LogP contribution in [0.4, 0.5) is 11.6 Å². The summed E-state index contributed by atoms with van der Waals surface area (Å²) in [5, 5.41) is 14.1. The Morgan fingerprint density at radius 1 is 1.08 bits per heavy atom. The Morgan fingerprint density at radius 3 is 2.38 bits per heavy atom. The number of anilines is 2. The van der Waals surface area contributed by atoms with Crippen molar-refractivity contribution in [1.29, 1.82) is 0 Å². The number of amides is 1. The number of nitrogens with one attached hydrogen (secondary N) is 2. The van der Waals surface area contributed by atoms with Gasteiger partial charge < -0.3 is 15.4 Å². The third kappa shape index (κ3) is 4.94. The maximum absolute atomic E-state index is 11.9. The number of nitrogens with zero attached hydrogens (tertiary/aromatic N) is 2. The zero-order chi connectivity index (χ0) is 17.6. The number of hydrogen-bond acceptors (Lipinski definition) is 5. The lowest BCUT2D eigenvalue weighted by Crippen LogP contribution is -2.28. The minimum Gasteiger partial charge on any atom is -0.496 e. The van der Waals surface area contributed by atoms with Crippen LogP contribution in [-0.2, 0) is 11.2 Å². The van der Waals surface area contributed by atoms with Crippen molar-refractivity contribution < 1.29 is 9.53 Å². The summed E-state index contributed by atoms with van der Waals surface area (Å²) in [6.45, 7) is 6.26. The first-order valence-corrected chi connectivity index (χ1v) is 7.91. The lowest BCUT2D eigenvalue weighted by Gasteiger charge is -2.16. The van der Waals surface area contributed by atoms with E-state index in [1.165, 1.54) is 0 Å². The van der Waals surface area contributed by atoms with Gasteiger partial charge in [0.1, 0.15) is 11.6 Å². The number of hydrogen-bond donors (Lipinski definition) is 2. The molecule has 0 aliphatic rings. The average Bonchev–Trinajstić information content (AvgIpc) is 2.56. The number of para-hydroxylation sites is 1. The third-order valence-corrected chi connectivity index (χ3v) is 3.48. The normalized spacial score (nSPS) is 11.0. The second-order valence-electron chi connectivity index (χ2n) is 6.50. The second kappa shape index (κ2) is 7.77. The number of rotatable bonds is 6. The molecule has 1 heterocycles. The Hall–Kier alpha value is -2.63. The van der Waals surface area contributed by atoms with Crippen LogP contribution in [0, 0.1) is 5.41 Å². The Kier molecular flexibility index (Phi) is 5.73. The molecule has 0 atom stereocenters. The van der Waals surface area contributed by atoms with E-state index in [9.17, 15) is 4.79 Å². The highest BCUT2D eigenvalue weighted by atomic mass is 16.5. The molecule has 0 aliphatic heterocycles. The standard InChI is InChI=1S/C18H24N4O2/c1-18(2,3)17(23)20-16-10-9-15(21-22-16)19-12-11-13-7-5-6-8-14(13)24-4/h5-10H,11-12H2,1-4H3,(H,19,21)(H,20,22,23). The Labute approximate surface area is 142 Å². The quantitative estimate of drug-likeness (QED) is 0.852. The molecule has 2 rings (SSSR count). The van der Waals surface area contributed by atoms with Gasteiger partial charge in [0.2, 0.25) is 5.91 Å². The van der Waals surface area contributed by atoms with Gasteiger partial charge in [-0.1, -0.05) is 39.0 Å². The summed E-state index contributed by atoms with van der Waals surface area (Å²) in [6.07, 6.45) is 0.814. The lowest BCUT2D eigenvalue weighted by atomic mass is 9.96. The van der Waals surface area contributed by atoms with Crippen LogP contribution < -0.4 is 15.4 Å². The number of carbonyl (C=O) groups excluding carboxylic acids is 1. The van der Waals surface area contributed by atoms with E-state index in [2.05, 4.69) is 20.8 Å². The molecule has 1 amide bonds. The minimum absolute atomic E-state index is 0.0892. The molecular formula is C18H24N4O2. The van der Waals surface area contributed by atoms with Crippen LogP contribution in [0.1, 0.15) is 26.3 Å². The molecule has 0 fully saturated rings. The van der Waals surface area contributed by atoms with Crippen LogP contribution in [0.5, 0.6) is 5.75 Å². The molecule has 0 bridgehead atoms. The van der Waals surface area contributed by atoms with E-state index in [1.807, 2.05) is 45.0 Å². The first kappa shape index (κ1) is 17.7. The van der Waals surface area contributed by atoms with Crippen molar-refractivity contribution in [2.75, 3.05) is 24.3 Å². The van der Waals surface area contributed by atoms with Crippen molar-refractivity contribution in [2.45, 2.75) is 27.2 Å². The van der Waals surface area contributed by atoms with Gasteiger partial charge in [-0.25, -0.2) is 0 Å². The molecule has 2 aromatic rings. The van der Waals surface area contributed by atoms with Gasteiger partial charge in [0, 0.05) is 12.0 Å². The van der Waals surface area contributed by atoms with Crippen molar-refractivity contribution in [1.82, 2.24) is 10.2 Å². The largest absolute Gasteiger partial charge is 0.496 e. The molecule has 0 unspecified atom stereocenters. The van der Waals surface area contributed by atoms with E-state index in [4.69, 9.17) is 4.74 Å². The van der Waals surface area contributed by atoms with E-state index in [0.717, 1.165) is 17.7 Å². The Bertz CT molecular complexity index is 678. The molecule has 0 aliphatic carbocycles. The van der Waals surface area contributed by atoms with Gasteiger partial charge in [-0.2, -0.15) is 0 Å². The first-order chi connectivity index (χ1) is 11.4. The number of ether oxygens (including phenoxy) is 1. The van der Waals surface area contributed by atoms with Gasteiger partial charge in [0.25, 0.3) is 0 Å². The summed E-state index contributed by atoms with van der Waals surface area (Å²) >= 11 is 0. The van der Waals surface area contributed by atoms with Crippen LogP contribution in [0.15, 0.2) is 36.4 Å². The predicted molar refractivity (Wildman–Crippen MR) is 95.3 cm³/mol. The summed E-state index contributed by atoms with van der Waals surface area (Å²) < 4.78 is 5.33. The molecule has 128 valence electrons. The van der Waals surface area contributed by atoms with Crippen LogP contribution in [-0.4, -0.2) is 29.8 Å². The summed E-state index contributed by atoms with van der Waals surface area (Å²) in [6, 6.07) is 11.5. The summed E-state index contributed by atoms with van der Waals surface area (Å²) in [5.74, 6) is 1.91. The molecule has 24 heavy (non-hydrogen) atoms. The molecule has 0 radical (unpaired) electrons. The lowest BCUT2D eigenvalue weighted by molar-refractivity contribution is -0.123. The molecule has 6 nitrogen and oxygen atoms in total. The zero-order valence-corrected chi connectivity index (χ0v) is 14.6. The Balaban J connectivity index is 1.87. The van der Waals surface area contributed by atoms with E-state index in [0.29, 0.717) is 18.2 Å². The summed E-state index contributed by atoms with van der Waals surface area (Å²) in [5.41, 5.74) is 0.669.